The van der Waals surface area contributed by atoms with Crippen molar-refractivity contribution in [1.82, 2.24) is 14.8 Å². The molecule has 4 aromatic rings. The van der Waals surface area contributed by atoms with E-state index in [4.69, 9.17) is 0 Å². The van der Waals surface area contributed by atoms with Gasteiger partial charge in [0.15, 0.2) is 0 Å². The maximum Gasteiger partial charge on any atom is 0.222 e. The number of anilines is 1. The van der Waals surface area contributed by atoms with Gasteiger partial charge in [-0.05, 0) is 40.5 Å². The van der Waals surface area contributed by atoms with Crippen LogP contribution in [0, 0.1) is 5.82 Å². The molecule has 0 spiro atoms. The highest BCUT2D eigenvalue weighted by molar-refractivity contribution is 5.86. The topological polar surface area (TPSA) is 42.7 Å². The number of benzene rings is 3. The zero-order valence-electron chi connectivity index (χ0n) is 14.0. The largest absolute Gasteiger partial charge is 0.348 e. The van der Waals surface area contributed by atoms with Crippen molar-refractivity contribution in [3.63, 3.8) is 0 Å². The van der Waals surface area contributed by atoms with Gasteiger partial charge in [-0.15, -0.1) is 0 Å². The molecule has 5 heteroatoms. The molecular weight excluding hydrogens is 327 g/mol. The fraction of sp³-hybridized carbons (Fsp3) is 0.143. The molecule has 2 atom stereocenters. The lowest BCUT2D eigenvalue weighted by Crippen LogP contribution is -2.28. The summed E-state index contributed by atoms with van der Waals surface area (Å²) in [5.41, 5.74) is 2.27. The number of nitrogens with zero attached hydrogens (tertiary/aromatic N) is 3. The Morgan fingerprint density at radius 2 is 1.77 bits per heavy atom. The van der Waals surface area contributed by atoms with Gasteiger partial charge >= 0.3 is 0 Å². The van der Waals surface area contributed by atoms with Crippen molar-refractivity contribution in [3.05, 3.63) is 90.0 Å². The molecule has 3 aromatic carbocycles. The third kappa shape index (κ3) is 2.44. The number of fused-ring (bicyclic) bond motifs is 2. The van der Waals surface area contributed by atoms with Gasteiger partial charge in [0.1, 0.15) is 12.1 Å². The summed E-state index contributed by atoms with van der Waals surface area (Å²) in [6, 6.07) is 21.5. The van der Waals surface area contributed by atoms with Crippen LogP contribution in [0.1, 0.15) is 29.6 Å². The molecule has 1 N–H and O–H groups in total. The Kier molecular flexibility index (Phi) is 3.45. The van der Waals surface area contributed by atoms with Crippen LogP contribution >= 0.6 is 0 Å². The number of rotatable bonds is 2. The Morgan fingerprint density at radius 1 is 0.962 bits per heavy atom. The predicted octanol–water partition coefficient (Wildman–Crippen LogP) is 4.72. The molecule has 26 heavy (non-hydrogen) atoms. The fourth-order valence-corrected chi connectivity index (χ4v) is 3.83. The highest BCUT2D eigenvalue weighted by Crippen LogP contribution is 2.39. The van der Waals surface area contributed by atoms with E-state index in [-0.39, 0.29) is 17.9 Å². The lowest BCUT2D eigenvalue weighted by Gasteiger charge is -2.32. The minimum atomic E-state index is -0.224. The van der Waals surface area contributed by atoms with E-state index in [1.54, 1.807) is 6.33 Å². The summed E-state index contributed by atoms with van der Waals surface area (Å²) in [6.45, 7) is 0. The minimum Gasteiger partial charge on any atom is -0.348 e. The van der Waals surface area contributed by atoms with E-state index in [9.17, 15) is 4.39 Å². The zero-order valence-corrected chi connectivity index (χ0v) is 14.0. The van der Waals surface area contributed by atoms with Crippen LogP contribution in [0.3, 0.4) is 0 Å². The summed E-state index contributed by atoms with van der Waals surface area (Å²) < 4.78 is 15.3. The molecule has 0 amide bonds. The smallest absolute Gasteiger partial charge is 0.222 e. The van der Waals surface area contributed by atoms with Crippen LogP contribution in [-0.4, -0.2) is 14.8 Å². The Labute approximate surface area is 150 Å². The average Bonchev–Trinajstić information content (AvgIpc) is 3.16. The second-order valence-corrected chi connectivity index (χ2v) is 6.60. The van der Waals surface area contributed by atoms with E-state index in [0.717, 1.165) is 17.9 Å². The van der Waals surface area contributed by atoms with Crippen molar-refractivity contribution >= 4 is 16.7 Å². The molecule has 4 nitrogen and oxygen atoms in total. The Balaban J connectivity index is 1.62. The molecule has 5 rings (SSSR count). The van der Waals surface area contributed by atoms with E-state index in [2.05, 4.69) is 57.9 Å². The molecule has 0 aliphatic carbocycles. The van der Waals surface area contributed by atoms with E-state index < -0.39 is 0 Å². The molecule has 1 aromatic heterocycles. The summed E-state index contributed by atoms with van der Waals surface area (Å²) in [5.74, 6) is 0.516. The van der Waals surface area contributed by atoms with Crippen LogP contribution < -0.4 is 5.32 Å². The molecule has 0 bridgehead atoms. The first-order valence-electron chi connectivity index (χ1n) is 8.69. The first kappa shape index (κ1) is 15.1. The molecular formula is C21H17FN4. The van der Waals surface area contributed by atoms with Crippen molar-refractivity contribution in [2.24, 2.45) is 0 Å². The number of nitrogens with one attached hydrogen (secondary N) is 1. The van der Waals surface area contributed by atoms with Crippen LogP contribution in [-0.2, 0) is 0 Å². The molecule has 0 saturated heterocycles. The van der Waals surface area contributed by atoms with Crippen LogP contribution in [0.15, 0.2) is 73.1 Å². The Morgan fingerprint density at radius 3 is 2.65 bits per heavy atom. The van der Waals surface area contributed by atoms with Crippen LogP contribution in [0.4, 0.5) is 10.3 Å². The number of hydrogen-bond donors (Lipinski definition) is 1. The normalized spacial score (nSPS) is 19.1. The maximum absolute atomic E-state index is 13.3. The summed E-state index contributed by atoms with van der Waals surface area (Å²) >= 11 is 0. The van der Waals surface area contributed by atoms with Gasteiger partial charge in [0.2, 0.25) is 5.95 Å². The van der Waals surface area contributed by atoms with E-state index in [1.165, 1.54) is 28.5 Å². The number of aromatic nitrogens is 3. The van der Waals surface area contributed by atoms with Gasteiger partial charge in [0, 0.05) is 0 Å². The fourth-order valence-electron chi connectivity index (χ4n) is 3.83. The zero-order chi connectivity index (χ0) is 17.5. The standard InChI is InChI=1S/C21H17FN4/c22-16-10-8-15(9-11-16)19-12-20(26-21(25-19)23-13-24-26)18-7-3-5-14-4-1-2-6-17(14)18/h1-11,13,19-20H,12H2,(H,23,24,25). The van der Waals surface area contributed by atoms with Gasteiger partial charge in [0.05, 0.1) is 12.1 Å². The third-order valence-corrected chi connectivity index (χ3v) is 5.09. The van der Waals surface area contributed by atoms with Gasteiger partial charge in [-0.2, -0.15) is 10.1 Å². The van der Waals surface area contributed by atoms with E-state index >= 15 is 0 Å². The monoisotopic (exact) mass is 344 g/mol. The van der Waals surface area contributed by atoms with Crippen LogP contribution in [0.5, 0.6) is 0 Å². The minimum absolute atomic E-state index is 0.0521. The van der Waals surface area contributed by atoms with Crippen molar-refractivity contribution < 1.29 is 4.39 Å². The van der Waals surface area contributed by atoms with E-state index in [1.807, 2.05) is 16.8 Å². The first-order chi connectivity index (χ1) is 12.8. The lowest BCUT2D eigenvalue weighted by atomic mass is 9.90. The molecule has 2 unspecified atom stereocenters. The second kappa shape index (κ2) is 5.95. The van der Waals surface area contributed by atoms with Crippen molar-refractivity contribution in [3.8, 4) is 0 Å². The maximum atomic E-state index is 13.3. The summed E-state index contributed by atoms with van der Waals surface area (Å²) in [5, 5.41) is 10.3. The van der Waals surface area contributed by atoms with Gasteiger partial charge < -0.3 is 5.32 Å². The molecule has 0 radical (unpaired) electrons. The molecule has 0 fully saturated rings. The van der Waals surface area contributed by atoms with Crippen molar-refractivity contribution in [1.29, 1.82) is 0 Å². The predicted molar refractivity (Wildman–Crippen MR) is 99.5 cm³/mol. The van der Waals surface area contributed by atoms with E-state index in [0.29, 0.717) is 0 Å². The quantitative estimate of drug-likeness (QED) is 0.572. The van der Waals surface area contributed by atoms with Gasteiger partial charge in [-0.3, -0.25) is 0 Å². The summed E-state index contributed by atoms with van der Waals surface area (Å²) in [4.78, 5) is 4.37. The molecule has 1 aliphatic heterocycles. The van der Waals surface area contributed by atoms with Crippen molar-refractivity contribution in [2.75, 3.05) is 5.32 Å². The highest BCUT2D eigenvalue weighted by Gasteiger charge is 2.30. The highest BCUT2D eigenvalue weighted by atomic mass is 19.1. The number of hydrogen-bond acceptors (Lipinski definition) is 3. The Bertz CT molecular complexity index is 1070. The van der Waals surface area contributed by atoms with Gasteiger partial charge in [-0.1, -0.05) is 54.6 Å². The number of halogens is 1. The van der Waals surface area contributed by atoms with Crippen molar-refractivity contribution in [2.45, 2.75) is 18.5 Å². The average molecular weight is 344 g/mol. The lowest BCUT2D eigenvalue weighted by molar-refractivity contribution is 0.433. The molecule has 1 aliphatic rings. The van der Waals surface area contributed by atoms with Gasteiger partial charge in [0.25, 0.3) is 0 Å². The van der Waals surface area contributed by atoms with Crippen LogP contribution in [0.2, 0.25) is 0 Å². The molecule has 128 valence electrons. The molecule has 2 heterocycles. The summed E-state index contributed by atoms with van der Waals surface area (Å²) in [6.07, 6.45) is 2.39. The Hall–Kier alpha value is -3.21. The SMILES string of the molecule is Fc1ccc(C2CC(c3cccc4ccccc34)n3ncnc3N2)cc1. The van der Waals surface area contributed by atoms with Crippen LogP contribution in [0.25, 0.3) is 10.8 Å². The van der Waals surface area contributed by atoms with Gasteiger partial charge in [-0.25, -0.2) is 9.07 Å². The second-order valence-electron chi connectivity index (χ2n) is 6.60. The summed E-state index contributed by atoms with van der Waals surface area (Å²) in [7, 11) is 0. The third-order valence-electron chi connectivity index (χ3n) is 5.09. The first-order valence-corrected chi connectivity index (χ1v) is 8.69. The molecule has 0 saturated carbocycles.